The summed E-state index contributed by atoms with van der Waals surface area (Å²) >= 11 is 8.20. The van der Waals surface area contributed by atoms with Crippen LogP contribution in [-0.2, 0) is 9.59 Å². The molecule has 0 aliphatic rings. The normalized spacial score (nSPS) is 10.4. The second-order valence-electron chi connectivity index (χ2n) is 7.66. The maximum absolute atomic E-state index is 12.2. The molecular formula is C24H16Br2N2O10S2. The van der Waals surface area contributed by atoms with Crippen LogP contribution in [0.5, 0.6) is 10.1 Å². The first-order chi connectivity index (χ1) is 18.8. The van der Waals surface area contributed by atoms with Gasteiger partial charge in [-0.15, -0.1) is 0 Å². The number of carboxylic acids is 2. The van der Waals surface area contributed by atoms with Gasteiger partial charge in [0.25, 0.3) is 11.8 Å². The van der Waals surface area contributed by atoms with Crippen molar-refractivity contribution >= 4 is 98.5 Å². The number of carbonyl (C=O) groups excluding carboxylic acids is 2. The van der Waals surface area contributed by atoms with Crippen molar-refractivity contribution in [3.63, 3.8) is 0 Å². The standard InChI is InChI=1S/2C12H8BrNO5S/c2*13-5-1-2-7-6(3-5)10(17)9(12(19)20-7)11(18)14-4-8(15)16/h2*1-3,19H,4H2,(H,14,18)(H,15,16). The van der Waals surface area contributed by atoms with E-state index in [9.17, 15) is 39.0 Å². The summed E-state index contributed by atoms with van der Waals surface area (Å²) in [5.74, 6) is -4.30. The smallest absolute Gasteiger partial charge is 0.322 e. The van der Waals surface area contributed by atoms with Crippen molar-refractivity contribution in [1.29, 1.82) is 0 Å². The van der Waals surface area contributed by atoms with Crippen LogP contribution in [0.4, 0.5) is 0 Å². The average molecular weight is 716 g/mol. The van der Waals surface area contributed by atoms with Crippen LogP contribution in [0.25, 0.3) is 20.2 Å². The van der Waals surface area contributed by atoms with Gasteiger partial charge in [-0.1, -0.05) is 54.5 Å². The number of benzene rings is 2. The molecule has 0 saturated heterocycles. The summed E-state index contributed by atoms with van der Waals surface area (Å²) in [7, 11) is 0. The van der Waals surface area contributed by atoms with Crippen molar-refractivity contribution in [3.05, 3.63) is 76.9 Å². The first-order valence-corrected chi connectivity index (χ1v) is 13.9. The highest BCUT2D eigenvalue weighted by Gasteiger charge is 2.21. The topological polar surface area (TPSA) is 207 Å². The monoisotopic (exact) mass is 714 g/mol. The van der Waals surface area contributed by atoms with Gasteiger partial charge in [-0.3, -0.25) is 28.8 Å². The molecule has 12 nitrogen and oxygen atoms in total. The number of nitrogens with one attached hydrogen (secondary N) is 2. The third-order valence-corrected chi connectivity index (χ3v) is 7.86. The van der Waals surface area contributed by atoms with E-state index >= 15 is 0 Å². The third kappa shape index (κ3) is 7.20. The molecule has 2 amide bonds. The Balaban J connectivity index is 0.000000220. The number of carbonyl (C=O) groups is 4. The van der Waals surface area contributed by atoms with Crippen LogP contribution in [-0.4, -0.2) is 57.3 Å². The molecule has 4 aromatic rings. The minimum Gasteiger partial charge on any atom is -0.499 e. The molecule has 0 saturated carbocycles. The first kappa shape index (κ1) is 30.7. The Bertz CT molecular complexity index is 1670. The van der Waals surface area contributed by atoms with E-state index in [1.807, 2.05) is 0 Å². The maximum atomic E-state index is 12.2. The van der Waals surface area contributed by atoms with E-state index in [2.05, 4.69) is 42.5 Å². The first-order valence-electron chi connectivity index (χ1n) is 10.7. The summed E-state index contributed by atoms with van der Waals surface area (Å²) in [5.41, 5.74) is -2.16. The van der Waals surface area contributed by atoms with Crippen molar-refractivity contribution in [1.82, 2.24) is 10.6 Å². The molecule has 0 radical (unpaired) electrons. The van der Waals surface area contributed by atoms with Gasteiger partial charge in [0.2, 0.25) is 10.9 Å². The molecule has 2 aromatic heterocycles. The fraction of sp³-hybridized carbons (Fsp3) is 0.0833. The molecule has 0 aliphatic heterocycles. The lowest BCUT2D eigenvalue weighted by Crippen LogP contribution is -2.32. The Morgan fingerprint density at radius 2 is 1.02 bits per heavy atom. The number of carboxylic acid groups (broad SMARTS) is 2. The fourth-order valence-electron chi connectivity index (χ4n) is 3.20. The summed E-state index contributed by atoms with van der Waals surface area (Å²) in [6.07, 6.45) is 0. The van der Waals surface area contributed by atoms with E-state index in [4.69, 9.17) is 10.2 Å². The van der Waals surface area contributed by atoms with E-state index < -0.39 is 69.0 Å². The zero-order chi connectivity index (χ0) is 29.7. The molecule has 2 aromatic carbocycles. The predicted molar refractivity (Wildman–Crippen MR) is 155 cm³/mol. The quantitative estimate of drug-likeness (QED) is 0.172. The highest BCUT2D eigenvalue weighted by molar-refractivity contribution is 9.10. The summed E-state index contributed by atoms with van der Waals surface area (Å²) in [4.78, 5) is 68.8. The molecule has 0 spiro atoms. The number of aliphatic carboxylic acids is 2. The van der Waals surface area contributed by atoms with Crippen LogP contribution in [0.15, 0.2) is 54.9 Å². The molecule has 6 N–H and O–H groups in total. The maximum Gasteiger partial charge on any atom is 0.322 e. The third-order valence-electron chi connectivity index (χ3n) is 4.92. The minimum absolute atomic E-state index is 0.280. The number of fused-ring (bicyclic) bond motifs is 2. The molecule has 0 fully saturated rings. The van der Waals surface area contributed by atoms with Gasteiger partial charge in [0.05, 0.1) is 0 Å². The highest BCUT2D eigenvalue weighted by Crippen LogP contribution is 2.30. The molecule has 0 unspecified atom stereocenters. The van der Waals surface area contributed by atoms with Crippen molar-refractivity contribution in [2.75, 3.05) is 13.1 Å². The van der Waals surface area contributed by atoms with Crippen molar-refractivity contribution in [2.45, 2.75) is 0 Å². The Kier molecular flexibility index (Phi) is 9.97. The average Bonchev–Trinajstić information content (AvgIpc) is 2.87. The predicted octanol–water partition coefficient (Wildman–Crippen LogP) is 3.09. The summed E-state index contributed by atoms with van der Waals surface area (Å²) in [6, 6.07) is 9.79. The highest BCUT2D eigenvalue weighted by atomic mass is 79.9. The second-order valence-corrected chi connectivity index (χ2v) is 11.5. The fourth-order valence-corrected chi connectivity index (χ4v) is 5.71. The van der Waals surface area contributed by atoms with Crippen LogP contribution >= 0.6 is 54.5 Å². The molecule has 40 heavy (non-hydrogen) atoms. The van der Waals surface area contributed by atoms with Gasteiger partial charge >= 0.3 is 11.9 Å². The number of aromatic hydroxyl groups is 2. The van der Waals surface area contributed by atoms with Gasteiger partial charge in [0, 0.05) is 29.1 Å². The zero-order valence-electron chi connectivity index (χ0n) is 19.7. The van der Waals surface area contributed by atoms with Gasteiger partial charge < -0.3 is 31.1 Å². The molecule has 0 aliphatic carbocycles. The van der Waals surface area contributed by atoms with Crippen LogP contribution in [0.3, 0.4) is 0 Å². The molecule has 4 rings (SSSR count). The number of amides is 2. The van der Waals surface area contributed by atoms with Crippen LogP contribution in [0, 0.1) is 0 Å². The van der Waals surface area contributed by atoms with Gasteiger partial charge in [-0.2, -0.15) is 0 Å². The van der Waals surface area contributed by atoms with Gasteiger partial charge in [-0.05, 0) is 36.4 Å². The second kappa shape index (κ2) is 13.0. The SMILES string of the molecule is O=C(O)CNC(=O)c1c(O)sc2ccc(Br)cc2c1=O.O=C(O)CNC(=O)c1c(O)sc2ccc(Br)cc2c1=O. The number of hydrogen-bond acceptors (Lipinski definition) is 10. The molecule has 2 heterocycles. The molecule has 16 heteroatoms. The summed E-state index contributed by atoms with van der Waals surface area (Å²) < 4.78 is 2.39. The molecule has 0 atom stereocenters. The van der Waals surface area contributed by atoms with Crippen LogP contribution < -0.4 is 21.5 Å². The minimum atomic E-state index is -1.24. The van der Waals surface area contributed by atoms with E-state index in [0.29, 0.717) is 18.3 Å². The zero-order valence-corrected chi connectivity index (χ0v) is 24.5. The van der Waals surface area contributed by atoms with Crippen molar-refractivity contribution < 1.29 is 39.6 Å². The summed E-state index contributed by atoms with van der Waals surface area (Å²) in [6.45, 7) is -1.25. The largest absolute Gasteiger partial charge is 0.499 e. The van der Waals surface area contributed by atoms with Crippen molar-refractivity contribution in [3.8, 4) is 10.1 Å². The van der Waals surface area contributed by atoms with Crippen LogP contribution in [0.1, 0.15) is 20.7 Å². The Hall–Kier alpha value is -3.86. The number of rotatable bonds is 6. The summed E-state index contributed by atoms with van der Waals surface area (Å²) in [5, 5.41) is 40.4. The Morgan fingerprint density at radius 1 is 0.675 bits per heavy atom. The van der Waals surface area contributed by atoms with E-state index in [0.717, 1.165) is 22.7 Å². The van der Waals surface area contributed by atoms with Gasteiger partial charge in [0.15, 0.2) is 10.1 Å². The lowest BCUT2D eigenvalue weighted by molar-refractivity contribution is -0.136. The van der Waals surface area contributed by atoms with E-state index in [1.54, 1.807) is 36.4 Å². The molecule has 0 bridgehead atoms. The van der Waals surface area contributed by atoms with Crippen molar-refractivity contribution in [2.24, 2.45) is 0 Å². The Labute approximate surface area is 247 Å². The van der Waals surface area contributed by atoms with Crippen LogP contribution in [0.2, 0.25) is 0 Å². The lowest BCUT2D eigenvalue weighted by atomic mass is 10.2. The lowest BCUT2D eigenvalue weighted by Gasteiger charge is -2.05. The Morgan fingerprint density at radius 3 is 1.35 bits per heavy atom. The van der Waals surface area contributed by atoms with E-state index in [1.165, 1.54) is 0 Å². The van der Waals surface area contributed by atoms with E-state index in [-0.39, 0.29) is 10.8 Å². The number of hydrogen-bond donors (Lipinski definition) is 6. The number of halogens is 2. The van der Waals surface area contributed by atoms with Gasteiger partial charge in [0.1, 0.15) is 24.2 Å². The van der Waals surface area contributed by atoms with Gasteiger partial charge in [-0.25, -0.2) is 0 Å². The molecule has 208 valence electrons. The molecular weight excluding hydrogens is 700 g/mol.